The molecule has 72 valence electrons. The third kappa shape index (κ3) is 2.24. The van der Waals surface area contributed by atoms with Crippen molar-refractivity contribution in [3.8, 4) is 0 Å². The third-order valence-corrected chi connectivity index (χ3v) is 4.03. The smallest absolute Gasteiger partial charge is 0.0897 e. The molecule has 2 rings (SSSR count). The van der Waals surface area contributed by atoms with Gasteiger partial charge in [0.1, 0.15) is 0 Å². The summed E-state index contributed by atoms with van der Waals surface area (Å²) in [4.78, 5) is 0. The first kappa shape index (κ1) is 9.49. The molecule has 1 aliphatic rings. The van der Waals surface area contributed by atoms with E-state index in [0.29, 0.717) is 12.1 Å². The van der Waals surface area contributed by atoms with Crippen molar-refractivity contribution in [2.75, 3.05) is 5.32 Å². The van der Waals surface area contributed by atoms with Gasteiger partial charge in [0.15, 0.2) is 0 Å². The minimum Gasteiger partial charge on any atom is -0.373 e. The fourth-order valence-corrected chi connectivity index (χ4v) is 3.09. The molecule has 1 heterocycles. The van der Waals surface area contributed by atoms with Gasteiger partial charge in [0.05, 0.1) is 8.79 Å². The minimum absolute atomic E-state index is 0.334. The molecule has 3 N–H and O–H groups in total. The van der Waals surface area contributed by atoms with Crippen molar-refractivity contribution < 1.29 is 0 Å². The zero-order valence-corrected chi connectivity index (χ0v) is 9.70. The first-order chi connectivity index (χ1) is 6.25. The molecule has 2 atom stereocenters. The van der Waals surface area contributed by atoms with E-state index in [1.54, 1.807) is 11.3 Å². The van der Waals surface area contributed by atoms with Crippen LogP contribution < -0.4 is 11.1 Å². The van der Waals surface area contributed by atoms with Gasteiger partial charge in [-0.15, -0.1) is 11.3 Å². The van der Waals surface area contributed by atoms with E-state index >= 15 is 0 Å². The Labute approximate surface area is 90.6 Å². The molecule has 13 heavy (non-hydrogen) atoms. The fraction of sp³-hybridized carbons (Fsp3) is 0.556. The molecule has 0 radical (unpaired) electrons. The van der Waals surface area contributed by atoms with Gasteiger partial charge in [-0.3, -0.25) is 0 Å². The van der Waals surface area contributed by atoms with Gasteiger partial charge in [-0.1, -0.05) is 0 Å². The standard InChI is InChI=1S/C9H13BrN2S/c10-8-4-5-9(13-8)12-7-3-1-2-6(7)11/h4-7,12H,1-3,11H2. The van der Waals surface area contributed by atoms with Crippen molar-refractivity contribution in [2.24, 2.45) is 5.73 Å². The number of rotatable bonds is 2. The molecule has 1 aromatic rings. The van der Waals surface area contributed by atoms with Crippen LogP contribution in [-0.2, 0) is 0 Å². The summed E-state index contributed by atoms with van der Waals surface area (Å²) in [6.07, 6.45) is 3.62. The summed E-state index contributed by atoms with van der Waals surface area (Å²) in [6, 6.07) is 4.97. The van der Waals surface area contributed by atoms with Crippen molar-refractivity contribution in [1.29, 1.82) is 0 Å². The molecule has 4 heteroatoms. The number of hydrogen-bond acceptors (Lipinski definition) is 3. The molecule has 0 bridgehead atoms. The normalized spacial score (nSPS) is 27.8. The highest BCUT2D eigenvalue weighted by Gasteiger charge is 2.23. The van der Waals surface area contributed by atoms with Crippen LogP contribution in [0.5, 0.6) is 0 Å². The molecule has 0 aliphatic heterocycles. The van der Waals surface area contributed by atoms with Gasteiger partial charge >= 0.3 is 0 Å². The van der Waals surface area contributed by atoms with Crippen LogP contribution in [0.15, 0.2) is 15.9 Å². The predicted molar refractivity (Wildman–Crippen MR) is 61.3 cm³/mol. The number of halogens is 1. The topological polar surface area (TPSA) is 38.0 Å². The molecule has 2 nitrogen and oxygen atoms in total. The van der Waals surface area contributed by atoms with Crippen LogP contribution in [0.2, 0.25) is 0 Å². The Balaban J connectivity index is 1.97. The summed E-state index contributed by atoms with van der Waals surface area (Å²) in [6.45, 7) is 0. The van der Waals surface area contributed by atoms with Crippen molar-refractivity contribution >= 4 is 32.3 Å². The number of hydrogen-bond donors (Lipinski definition) is 2. The van der Waals surface area contributed by atoms with E-state index in [4.69, 9.17) is 5.73 Å². The van der Waals surface area contributed by atoms with Crippen LogP contribution in [0.3, 0.4) is 0 Å². The number of anilines is 1. The van der Waals surface area contributed by atoms with Gasteiger partial charge in [-0.25, -0.2) is 0 Å². The van der Waals surface area contributed by atoms with Gasteiger partial charge < -0.3 is 11.1 Å². The first-order valence-electron chi connectivity index (χ1n) is 4.53. The molecule has 0 spiro atoms. The number of nitrogens with two attached hydrogens (primary N) is 1. The second kappa shape index (κ2) is 3.98. The highest BCUT2D eigenvalue weighted by molar-refractivity contribution is 9.11. The van der Waals surface area contributed by atoms with Crippen molar-refractivity contribution in [3.63, 3.8) is 0 Å². The van der Waals surface area contributed by atoms with Gasteiger partial charge in [0.25, 0.3) is 0 Å². The van der Waals surface area contributed by atoms with E-state index in [1.165, 1.54) is 21.6 Å². The fourth-order valence-electron chi connectivity index (χ4n) is 1.74. The minimum atomic E-state index is 0.334. The quantitative estimate of drug-likeness (QED) is 0.859. The summed E-state index contributed by atoms with van der Waals surface area (Å²) < 4.78 is 1.17. The Morgan fingerprint density at radius 1 is 1.46 bits per heavy atom. The summed E-state index contributed by atoms with van der Waals surface area (Å²) in [5, 5.41) is 4.69. The molecule has 1 fully saturated rings. The molecule has 0 amide bonds. The Morgan fingerprint density at radius 3 is 2.85 bits per heavy atom. The summed E-state index contributed by atoms with van der Waals surface area (Å²) in [5.41, 5.74) is 5.96. The molecule has 0 saturated heterocycles. The van der Waals surface area contributed by atoms with E-state index in [0.717, 1.165) is 6.42 Å². The molecule has 1 aromatic heterocycles. The van der Waals surface area contributed by atoms with Gasteiger partial charge in [0.2, 0.25) is 0 Å². The number of thiophene rings is 1. The molecule has 1 saturated carbocycles. The van der Waals surface area contributed by atoms with Gasteiger partial charge in [0, 0.05) is 12.1 Å². The lowest BCUT2D eigenvalue weighted by atomic mass is 10.2. The monoisotopic (exact) mass is 260 g/mol. The summed E-state index contributed by atoms with van der Waals surface area (Å²) in [7, 11) is 0. The van der Waals surface area contributed by atoms with E-state index < -0.39 is 0 Å². The lowest BCUT2D eigenvalue weighted by molar-refractivity contribution is 0.639. The predicted octanol–water partition coefficient (Wildman–Crippen LogP) is 2.80. The Kier molecular flexibility index (Phi) is 2.91. The largest absolute Gasteiger partial charge is 0.373 e. The van der Waals surface area contributed by atoms with Crippen LogP contribution in [0.4, 0.5) is 5.00 Å². The highest BCUT2D eigenvalue weighted by atomic mass is 79.9. The molecule has 2 unspecified atom stereocenters. The second-order valence-electron chi connectivity index (χ2n) is 3.45. The van der Waals surface area contributed by atoms with E-state index in [2.05, 4.69) is 33.4 Å². The van der Waals surface area contributed by atoms with Crippen molar-refractivity contribution in [1.82, 2.24) is 0 Å². The Hall–Kier alpha value is -0.0600. The van der Waals surface area contributed by atoms with Crippen LogP contribution >= 0.6 is 27.3 Å². The Bertz CT molecular complexity index is 287. The average molecular weight is 261 g/mol. The summed E-state index contributed by atoms with van der Waals surface area (Å²) in [5.74, 6) is 0. The maximum atomic E-state index is 5.96. The van der Waals surface area contributed by atoms with Gasteiger partial charge in [-0.05, 0) is 47.3 Å². The lowest BCUT2D eigenvalue weighted by Crippen LogP contribution is -2.34. The molecular formula is C9H13BrN2S. The third-order valence-electron chi connectivity index (χ3n) is 2.47. The molecule has 0 aromatic carbocycles. The summed E-state index contributed by atoms with van der Waals surface area (Å²) >= 11 is 5.17. The Morgan fingerprint density at radius 2 is 2.31 bits per heavy atom. The zero-order valence-electron chi connectivity index (χ0n) is 7.29. The maximum absolute atomic E-state index is 5.96. The van der Waals surface area contributed by atoms with Gasteiger partial charge in [-0.2, -0.15) is 0 Å². The van der Waals surface area contributed by atoms with Crippen molar-refractivity contribution in [2.45, 2.75) is 31.3 Å². The second-order valence-corrected chi connectivity index (χ2v) is 5.91. The van der Waals surface area contributed by atoms with Crippen LogP contribution in [0.1, 0.15) is 19.3 Å². The van der Waals surface area contributed by atoms with E-state index in [1.807, 2.05) is 0 Å². The van der Waals surface area contributed by atoms with E-state index in [9.17, 15) is 0 Å². The number of nitrogens with one attached hydrogen (secondary N) is 1. The first-order valence-corrected chi connectivity index (χ1v) is 6.14. The lowest BCUT2D eigenvalue weighted by Gasteiger charge is -2.16. The SMILES string of the molecule is NC1CCCC1Nc1ccc(Br)s1. The van der Waals surface area contributed by atoms with Crippen LogP contribution in [0, 0.1) is 0 Å². The highest BCUT2D eigenvalue weighted by Crippen LogP contribution is 2.29. The zero-order chi connectivity index (χ0) is 9.26. The van der Waals surface area contributed by atoms with Crippen LogP contribution in [0.25, 0.3) is 0 Å². The average Bonchev–Trinajstić information content (AvgIpc) is 2.64. The van der Waals surface area contributed by atoms with E-state index in [-0.39, 0.29) is 0 Å². The van der Waals surface area contributed by atoms with Crippen LogP contribution in [-0.4, -0.2) is 12.1 Å². The van der Waals surface area contributed by atoms with Crippen molar-refractivity contribution in [3.05, 3.63) is 15.9 Å². The molecule has 1 aliphatic carbocycles. The maximum Gasteiger partial charge on any atom is 0.0897 e. The molecular weight excluding hydrogens is 248 g/mol.